The van der Waals surface area contributed by atoms with E-state index in [0.717, 1.165) is 21.9 Å². The Morgan fingerprint density at radius 2 is 1.69 bits per heavy atom. The molecule has 0 N–H and O–H groups in total. The van der Waals surface area contributed by atoms with Gasteiger partial charge in [-0.05, 0) is 89.8 Å². The summed E-state index contributed by atoms with van der Waals surface area (Å²) in [6.45, 7) is 6.21. The topological polar surface area (TPSA) is 72.9 Å². The van der Waals surface area contributed by atoms with E-state index in [-0.39, 0.29) is 10.6 Å². The molecule has 0 aliphatic heterocycles. The van der Waals surface area contributed by atoms with E-state index in [0.29, 0.717) is 28.1 Å². The fourth-order valence-electron chi connectivity index (χ4n) is 3.42. The maximum Gasteiger partial charge on any atom is 0.271 e. The molecule has 0 aromatic heterocycles. The minimum absolute atomic E-state index is 0.0369. The molecule has 3 aromatic rings. The molecule has 0 aliphatic rings. The van der Waals surface area contributed by atoms with Gasteiger partial charge in [-0.2, -0.15) is 4.31 Å². The first-order valence-electron chi connectivity index (χ1n) is 11.1. The molecule has 0 bridgehead atoms. The zero-order valence-corrected chi connectivity index (χ0v) is 22.5. The van der Waals surface area contributed by atoms with Gasteiger partial charge in [-0.25, -0.2) is 8.42 Å². The van der Waals surface area contributed by atoms with Crippen LogP contribution in [0, 0.1) is 6.92 Å². The highest BCUT2D eigenvalue weighted by Crippen LogP contribution is 2.37. The smallest absolute Gasteiger partial charge is 0.271 e. The third kappa shape index (κ3) is 6.13. The SMILES string of the molecule is CCOc1c(Br)cc(/C=C/C(=O)N(c2ccc(CC)cc2)S(=O)(=O)c2ccc(C)cc2)cc1OC. The van der Waals surface area contributed by atoms with Gasteiger partial charge in [-0.3, -0.25) is 4.79 Å². The van der Waals surface area contributed by atoms with Crippen molar-refractivity contribution in [1.29, 1.82) is 0 Å². The van der Waals surface area contributed by atoms with Crippen LogP contribution in [0.3, 0.4) is 0 Å². The number of sulfonamides is 1. The molecule has 184 valence electrons. The Balaban J connectivity index is 2.03. The number of aryl methyl sites for hydroxylation is 2. The zero-order valence-electron chi connectivity index (χ0n) is 20.1. The number of ether oxygens (including phenoxy) is 2. The van der Waals surface area contributed by atoms with Crippen molar-refractivity contribution in [2.45, 2.75) is 32.1 Å². The Morgan fingerprint density at radius 3 is 2.26 bits per heavy atom. The van der Waals surface area contributed by atoms with Crippen molar-refractivity contribution < 1.29 is 22.7 Å². The molecule has 3 aromatic carbocycles. The molecule has 1 amide bonds. The standard InChI is InChI=1S/C27H28BrNO5S/c1-5-20-9-12-22(13-10-20)29(35(31,32)23-14-7-19(3)8-15-23)26(30)16-11-21-17-24(28)27(34-6-2)25(18-21)33-4/h7-18H,5-6H2,1-4H3/b16-11+. The number of amides is 1. The number of carbonyl (C=O) groups is 1. The molecule has 0 aliphatic carbocycles. The second-order valence-corrected chi connectivity index (χ2v) is 10.4. The van der Waals surface area contributed by atoms with E-state index in [9.17, 15) is 13.2 Å². The zero-order chi connectivity index (χ0) is 25.6. The Bertz CT molecular complexity index is 1320. The van der Waals surface area contributed by atoms with E-state index in [1.807, 2.05) is 32.9 Å². The molecule has 0 fully saturated rings. The number of hydrogen-bond acceptors (Lipinski definition) is 5. The molecule has 0 heterocycles. The molecule has 8 heteroatoms. The summed E-state index contributed by atoms with van der Waals surface area (Å²) in [5.74, 6) is 0.351. The lowest BCUT2D eigenvalue weighted by atomic mass is 10.1. The van der Waals surface area contributed by atoms with Gasteiger partial charge in [0, 0.05) is 6.08 Å². The first-order chi connectivity index (χ1) is 16.7. The van der Waals surface area contributed by atoms with Gasteiger partial charge < -0.3 is 9.47 Å². The summed E-state index contributed by atoms with van der Waals surface area (Å²) in [7, 11) is -2.62. The maximum absolute atomic E-state index is 13.5. The van der Waals surface area contributed by atoms with Gasteiger partial charge in [0.05, 0.1) is 28.8 Å². The molecule has 0 spiro atoms. The second-order valence-electron chi connectivity index (χ2n) is 7.74. The van der Waals surface area contributed by atoms with E-state index in [4.69, 9.17) is 9.47 Å². The Labute approximate surface area is 215 Å². The van der Waals surface area contributed by atoms with E-state index < -0.39 is 15.9 Å². The molecule has 0 saturated heterocycles. The van der Waals surface area contributed by atoms with Crippen LogP contribution in [0.1, 0.15) is 30.5 Å². The average Bonchev–Trinajstić information content (AvgIpc) is 2.84. The molecule has 0 atom stereocenters. The van der Waals surface area contributed by atoms with Crippen molar-refractivity contribution in [3.05, 3.63) is 87.9 Å². The summed E-state index contributed by atoms with van der Waals surface area (Å²) in [6.07, 6.45) is 3.58. The van der Waals surface area contributed by atoms with Gasteiger partial charge in [0.2, 0.25) is 0 Å². The lowest BCUT2D eigenvalue weighted by molar-refractivity contribution is -0.113. The van der Waals surface area contributed by atoms with Crippen molar-refractivity contribution >= 4 is 43.6 Å². The Hall–Kier alpha value is -3.10. The number of benzene rings is 3. The lowest BCUT2D eigenvalue weighted by Crippen LogP contribution is -2.35. The fourth-order valence-corrected chi connectivity index (χ4v) is 5.38. The number of methoxy groups -OCH3 is 1. The van der Waals surface area contributed by atoms with Crippen LogP contribution in [0.15, 0.2) is 76.1 Å². The van der Waals surface area contributed by atoms with Crippen LogP contribution in [0.25, 0.3) is 6.08 Å². The van der Waals surface area contributed by atoms with Crippen LogP contribution in [-0.2, 0) is 21.2 Å². The van der Waals surface area contributed by atoms with Gasteiger partial charge in [0.25, 0.3) is 15.9 Å². The van der Waals surface area contributed by atoms with Crippen molar-refractivity contribution in [3.8, 4) is 11.5 Å². The molecule has 0 radical (unpaired) electrons. The Kier molecular flexibility index (Phi) is 8.75. The number of hydrogen-bond donors (Lipinski definition) is 0. The van der Waals surface area contributed by atoms with Gasteiger partial charge in [0.15, 0.2) is 11.5 Å². The van der Waals surface area contributed by atoms with Crippen molar-refractivity contribution in [1.82, 2.24) is 0 Å². The van der Waals surface area contributed by atoms with Crippen molar-refractivity contribution in [2.24, 2.45) is 0 Å². The third-order valence-corrected chi connectivity index (χ3v) is 7.63. The Morgan fingerprint density at radius 1 is 1.03 bits per heavy atom. The lowest BCUT2D eigenvalue weighted by Gasteiger charge is -2.22. The molecule has 6 nitrogen and oxygen atoms in total. The highest BCUT2D eigenvalue weighted by molar-refractivity contribution is 9.10. The monoisotopic (exact) mass is 557 g/mol. The average molecular weight is 558 g/mol. The van der Waals surface area contributed by atoms with E-state index in [1.54, 1.807) is 42.5 Å². The van der Waals surface area contributed by atoms with Crippen LogP contribution < -0.4 is 13.8 Å². The summed E-state index contributed by atoms with van der Waals surface area (Å²) in [5.41, 5.74) is 2.86. The summed E-state index contributed by atoms with van der Waals surface area (Å²) in [5, 5.41) is 0. The minimum Gasteiger partial charge on any atom is -0.493 e. The predicted molar refractivity (Wildman–Crippen MR) is 143 cm³/mol. The molecular weight excluding hydrogens is 530 g/mol. The summed E-state index contributed by atoms with van der Waals surface area (Å²) in [6, 6.07) is 16.8. The highest BCUT2D eigenvalue weighted by atomic mass is 79.9. The molecule has 35 heavy (non-hydrogen) atoms. The summed E-state index contributed by atoms with van der Waals surface area (Å²) >= 11 is 3.46. The van der Waals surface area contributed by atoms with Gasteiger partial charge in [-0.1, -0.05) is 36.8 Å². The van der Waals surface area contributed by atoms with Crippen molar-refractivity contribution in [3.63, 3.8) is 0 Å². The number of anilines is 1. The first kappa shape index (κ1) is 26.5. The number of carbonyl (C=O) groups excluding carboxylic acids is 1. The number of rotatable bonds is 9. The molecule has 0 unspecified atom stereocenters. The van der Waals surface area contributed by atoms with Crippen LogP contribution in [0.4, 0.5) is 5.69 Å². The predicted octanol–water partition coefficient (Wildman–Crippen LogP) is 6.16. The molecule has 0 saturated carbocycles. The largest absolute Gasteiger partial charge is 0.493 e. The summed E-state index contributed by atoms with van der Waals surface area (Å²) in [4.78, 5) is 13.4. The highest BCUT2D eigenvalue weighted by Gasteiger charge is 2.29. The fraction of sp³-hybridized carbons (Fsp3) is 0.222. The molecule has 3 rings (SSSR count). The normalized spacial score (nSPS) is 11.5. The van der Waals surface area contributed by atoms with Crippen molar-refractivity contribution in [2.75, 3.05) is 18.0 Å². The number of halogens is 1. The van der Waals surface area contributed by atoms with E-state index >= 15 is 0 Å². The van der Waals surface area contributed by atoms with E-state index in [2.05, 4.69) is 15.9 Å². The van der Waals surface area contributed by atoms with Gasteiger partial charge >= 0.3 is 0 Å². The quantitative estimate of drug-likeness (QED) is 0.294. The van der Waals surface area contributed by atoms with Crippen LogP contribution in [0.5, 0.6) is 11.5 Å². The second kappa shape index (κ2) is 11.6. The summed E-state index contributed by atoms with van der Waals surface area (Å²) < 4.78 is 39.6. The molecular formula is C27H28BrNO5S. The van der Waals surface area contributed by atoms with Gasteiger partial charge in [-0.15, -0.1) is 0 Å². The third-order valence-electron chi connectivity index (χ3n) is 5.30. The minimum atomic E-state index is -4.15. The van der Waals surface area contributed by atoms with Gasteiger partial charge in [0.1, 0.15) is 0 Å². The van der Waals surface area contributed by atoms with Crippen LogP contribution in [0.2, 0.25) is 0 Å². The van der Waals surface area contributed by atoms with Crippen LogP contribution in [-0.4, -0.2) is 28.0 Å². The van der Waals surface area contributed by atoms with Crippen LogP contribution >= 0.6 is 15.9 Å². The number of nitrogens with zero attached hydrogens (tertiary/aromatic N) is 1. The first-order valence-corrected chi connectivity index (χ1v) is 13.4. The van der Waals surface area contributed by atoms with E-state index in [1.165, 1.54) is 25.3 Å². The maximum atomic E-state index is 13.5.